The summed E-state index contributed by atoms with van der Waals surface area (Å²) in [7, 11) is 3.52. The van der Waals surface area contributed by atoms with Gasteiger partial charge in [-0.3, -0.25) is 4.90 Å². The maximum absolute atomic E-state index is 5.37. The van der Waals surface area contributed by atoms with Crippen molar-refractivity contribution in [1.82, 2.24) is 4.90 Å². The Hall–Kier alpha value is -0.900. The van der Waals surface area contributed by atoms with Crippen molar-refractivity contribution in [2.24, 2.45) is 0 Å². The largest absolute Gasteiger partial charge is 0.380 e. The smallest absolute Gasteiger partial charge is 0.0670 e. The molecular weight excluding hydrogens is 238 g/mol. The molecule has 0 aromatic heterocycles. The van der Waals surface area contributed by atoms with Crippen LogP contribution in [0.25, 0.3) is 0 Å². The number of ether oxygens (including phenoxy) is 2. The van der Waals surface area contributed by atoms with E-state index in [9.17, 15) is 0 Å². The van der Waals surface area contributed by atoms with Crippen molar-refractivity contribution in [3.05, 3.63) is 35.4 Å². The Morgan fingerprint density at radius 3 is 2.11 bits per heavy atom. The molecule has 0 amide bonds. The summed E-state index contributed by atoms with van der Waals surface area (Å²) in [6.45, 7) is 9.09. The summed E-state index contributed by atoms with van der Waals surface area (Å²) in [6, 6.07) is 8.66. The normalized spacial score (nSPS) is 14.6. The van der Waals surface area contributed by atoms with Crippen LogP contribution in [0.4, 0.5) is 0 Å². The third-order valence-electron chi connectivity index (χ3n) is 3.32. The summed E-state index contributed by atoms with van der Waals surface area (Å²) in [5.41, 5.74) is 2.64. The van der Waals surface area contributed by atoms with Crippen LogP contribution in [0, 0.1) is 6.92 Å². The molecule has 2 unspecified atom stereocenters. The van der Waals surface area contributed by atoms with Crippen molar-refractivity contribution >= 4 is 0 Å². The van der Waals surface area contributed by atoms with Gasteiger partial charge in [-0.2, -0.15) is 0 Å². The first-order chi connectivity index (χ1) is 9.05. The first-order valence-electron chi connectivity index (χ1n) is 6.88. The summed E-state index contributed by atoms with van der Waals surface area (Å²) in [4.78, 5) is 2.39. The molecule has 0 N–H and O–H groups in total. The minimum Gasteiger partial charge on any atom is -0.380 e. The Morgan fingerprint density at radius 2 is 1.63 bits per heavy atom. The molecule has 0 saturated heterocycles. The van der Waals surface area contributed by atoms with Crippen LogP contribution in [0.5, 0.6) is 0 Å². The molecule has 3 nitrogen and oxygen atoms in total. The summed E-state index contributed by atoms with van der Waals surface area (Å²) >= 11 is 0. The predicted octanol–water partition coefficient (Wildman–Crippen LogP) is 2.87. The number of hydrogen-bond acceptors (Lipinski definition) is 3. The summed E-state index contributed by atoms with van der Waals surface area (Å²) in [5.74, 6) is 0. The van der Waals surface area contributed by atoms with Gasteiger partial charge >= 0.3 is 0 Å². The molecule has 0 radical (unpaired) electrons. The van der Waals surface area contributed by atoms with E-state index >= 15 is 0 Å². The maximum Gasteiger partial charge on any atom is 0.0670 e. The zero-order valence-corrected chi connectivity index (χ0v) is 12.8. The topological polar surface area (TPSA) is 21.7 Å². The highest BCUT2D eigenvalue weighted by molar-refractivity contribution is 5.22. The molecule has 0 aliphatic rings. The van der Waals surface area contributed by atoms with E-state index in [1.54, 1.807) is 14.2 Å². The van der Waals surface area contributed by atoms with E-state index < -0.39 is 0 Å². The monoisotopic (exact) mass is 265 g/mol. The summed E-state index contributed by atoms with van der Waals surface area (Å²) in [6.07, 6.45) is 0.461. The van der Waals surface area contributed by atoms with E-state index in [2.05, 4.69) is 49.9 Å². The van der Waals surface area contributed by atoms with Crippen molar-refractivity contribution in [3.63, 3.8) is 0 Å². The molecule has 0 aliphatic carbocycles. The highest BCUT2D eigenvalue weighted by atomic mass is 16.5. The third-order valence-corrected chi connectivity index (χ3v) is 3.32. The minimum absolute atomic E-state index is 0.230. The van der Waals surface area contributed by atoms with Crippen LogP contribution in [0.2, 0.25) is 0 Å². The van der Waals surface area contributed by atoms with E-state index in [0.717, 1.165) is 19.6 Å². The fraction of sp³-hybridized carbons (Fsp3) is 0.625. The number of aryl methyl sites for hydroxylation is 1. The Kier molecular flexibility index (Phi) is 7.06. The van der Waals surface area contributed by atoms with Gasteiger partial charge in [-0.15, -0.1) is 0 Å². The van der Waals surface area contributed by atoms with Gasteiger partial charge in [0.15, 0.2) is 0 Å². The van der Waals surface area contributed by atoms with Gasteiger partial charge in [-0.25, -0.2) is 0 Å². The zero-order valence-electron chi connectivity index (χ0n) is 12.8. The highest BCUT2D eigenvalue weighted by Crippen LogP contribution is 2.10. The van der Waals surface area contributed by atoms with Crippen LogP contribution >= 0.6 is 0 Å². The van der Waals surface area contributed by atoms with E-state index in [1.165, 1.54) is 11.1 Å². The number of methoxy groups -OCH3 is 2. The molecule has 3 heteroatoms. The molecule has 0 bridgehead atoms. The van der Waals surface area contributed by atoms with Gasteiger partial charge in [0.2, 0.25) is 0 Å². The number of nitrogens with zero attached hydrogens (tertiary/aromatic N) is 1. The van der Waals surface area contributed by atoms with Crippen molar-refractivity contribution in [1.29, 1.82) is 0 Å². The van der Waals surface area contributed by atoms with Crippen LogP contribution in [0.3, 0.4) is 0 Å². The molecule has 2 atom stereocenters. The Morgan fingerprint density at radius 1 is 1.05 bits per heavy atom. The van der Waals surface area contributed by atoms with Gasteiger partial charge in [-0.05, 0) is 26.3 Å². The van der Waals surface area contributed by atoms with E-state index in [4.69, 9.17) is 9.47 Å². The minimum atomic E-state index is 0.230. The first kappa shape index (κ1) is 16.2. The van der Waals surface area contributed by atoms with Gasteiger partial charge in [0.25, 0.3) is 0 Å². The Labute approximate surface area is 117 Å². The Bertz CT molecular complexity index is 356. The van der Waals surface area contributed by atoms with Crippen LogP contribution in [-0.4, -0.2) is 44.4 Å². The summed E-state index contributed by atoms with van der Waals surface area (Å²) < 4.78 is 10.7. The lowest BCUT2D eigenvalue weighted by Crippen LogP contribution is -2.37. The van der Waals surface area contributed by atoms with Gasteiger partial charge in [0.1, 0.15) is 0 Å². The molecule has 0 spiro atoms. The quantitative estimate of drug-likeness (QED) is 0.721. The molecule has 0 fully saturated rings. The lowest BCUT2D eigenvalue weighted by Gasteiger charge is -2.27. The van der Waals surface area contributed by atoms with Crippen molar-refractivity contribution < 1.29 is 9.47 Å². The Balaban J connectivity index is 2.67. The van der Waals surface area contributed by atoms with E-state index in [0.29, 0.717) is 0 Å². The molecular formula is C16H27NO2. The van der Waals surface area contributed by atoms with Crippen LogP contribution in [-0.2, 0) is 16.0 Å². The second kappa shape index (κ2) is 8.31. The fourth-order valence-corrected chi connectivity index (χ4v) is 2.15. The molecule has 1 aromatic carbocycles. The van der Waals surface area contributed by atoms with Gasteiger partial charge in [0.05, 0.1) is 12.2 Å². The first-order valence-corrected chi connectivity index (χ1v) is 6.88. The van der Waals surface area contributed by atoms with Crippen LogP contribution < -0.4 is 0 Å². The van der Waals surface area contributed by atoms with Gasteiger partial charge < -0.3 is 9.47 Å². The lowest BCUT2D eigenvalue weighted by atomic mass is 10.1. The van der Waals surface area contributed by atoms with Gasteiger partial charge in [-0.1, -0.05) is 29.8 Å². The molecule has 1 aromatic rings. The average molecular weight is 265 g/mol. The highest BCUT2D eigenvalue weighted by Gasteiger charge is 2.13. The zero-order chi connectivity index (χ0) is 14.3. The van der Waals surface area contributed by atoms with Gasteiger partial charge in [0, 0.05) is 33.9 Å². The second-order valence-corrected chi connectivity index (χ2v) is 5.28. The summed E-state index contributed by atoms with van der Waals surface area (Å²) in [5, 5.41) is 0. The number of benzene rings is 1. The molecule has 1 rings (SSSR count). The second-order valence-electron chi connectivity index (χ2n) is 5.28. The molecule has 19 heavy (non-hydrogen) atoms. The standard InChI is InChI=1S/C16H27NO2/c1-13-7-6-8-16(9-13)12-17(10-14(2)18-4)11-15(3)19-5/h6-9,14-15H,10-12H2,1-5H3. The molecule has 0 saturated carbocycles. The predicted molar refractivity (Wildman–Crippen MR) is 79.4 cm³/mol. The van der Waals surface area contributed by atoms with Crippen molar-refractivity contribution in [3.8, 4) is 0 Å². The van der Waals surface area contributed by atoms with Crippen LogP contribution in [0.1, 0.15) is 25.0 Å². The van der Waals surface area contributed by atoms with E-state index in [1.807, 2.05) is 0 Å². The van der Waals surface area contributed by atoms with Crippen molar-refractivity contribution in [2.45, 2.75) is 39.5 Å². The average Bonchev–Trinajstić information content (AvgIpc) is 2.38. The van der Waals surface area contributed by atoms with E-state index in [-0.39, 0.29) is 12.2 Å². The lowest BCUT2D eigenvalue weighted by molar-refractivity contribution is 0.0368. The maximum atomic E-state index is 5.37. The third kappa shape index (κ3) is 6.19. The number of rotatable bonds is 8. The number of hydrogen-bond donors (Lipinski definition) is 0. The molecule has 108 valence electrons. The molecule has 0 aliphatic heterocycles. The molecule has 0 heterocycles. The van der Waals surface area contributed by atoms with Crippen LogP contribution in [0.15, 0.2) is 24.3 Å². The fourth-order valence-electron chi connectivity index (χ4n) is 2.15. The SMILES string of the molecule is COC(C)CN(Cc1cccc(C)c1)CC(C)OC. The van der Waals surface area contributed by atoms with Crippen molar-refractivity contribution in [2.75, 3.05) is 27.3 Å².